The number of hydrogen-bond donors (Lipinski definition) is 2. The van der Waals surface area contributed by atoms with Crippen LogP contribution in [-0.2, 0) is 9.53 Å². The molecule has 3 unspecified atom stereocenters. The summed E-state index contributed by atoms with van der Waals surface area (Å²) in [6.45, 7) is 9.25. The number of amides is 1. The molecule has 0 heterocycles. The molecule has 0 radical (unpaired) electrons. The molecule has 1 aliphatic carbocycles. The van der Waals surface area contributed by atoms with E-state index in [4.69, 9.17) is 10.5 Å². The van der Waals surface area contributed by atoms with Crippen LogP contribution in [0, 0.1) is 11.8 Å². The van der Waals surface area contributed by atoms with Crippen LogP contribution in [0.5, 0.6) is 0 Å². The summed E-state index contributed by atoms with van der Waals surface area (Å²) in [6, 6.07) is 0.00366. The highest BCUT2D eigenvalue weighted by Gasteiger charge is 2.34. The van der Waals surface area contributed by atoms with Crippen LogP contribution >= 0.6 is 0 Å². The number of nitrogens with two attached hydrogens (primary N) is 1. The van der Waals surface area contributed by atoms with E-state index in [1.54, 1.807) is 0 Å². The Morgan fingerprint density at radius 1 is 1.44 bits per heavy atom. The fourth-order valence-electron chi connectivity index (χ4n) is 2.77. The van der Waals surface area contributed by atoms with Crippen LogP contribution in [0.3, 0.4) is 0 Å². The first-order valence-corrected chi connectivity index (χ1v) is 7.04. The van der Waals surface area contributed by atoms with Crippen molar-refractivity contribution >= 4 is 5.91 Å². The molecule has 1 aliphatic rings. The Labute approximate surface area is 111 Å². The lowest BCUT2D eigenvalue weighted by Gasteiger charge is -2.34. The summed E-state index contributed by atoms with van der Waals surface area (Å²) < 4.78 is 5.57. The Morgan fingerprint density at radius 3 is 2.67 bits per heavy atom. The van der Waals surface area contributed by atoms with Crippen molar-refractivity contribution in [2.24, 2.45) is 17.6 Å². The van der Waals surface area contributed by atoms with E-state index in [1.807, 2.05) is 20.8 Å². The molecule has 1 rings (SSSR count). The standard InChI is InChI=1S/C14H28N2O2/c1-5-18-14(3,4)9-16-13(17)12-10(2)7-6-8-11(12)15/h10-12H,5-9,15H2,1-4H3,(H,16,17). The summed E-state index contributed by atoms with van der Waals surface area (Å²) in [5.74, 6) is 0.419. The van der Waals surface area contributed by atoms with E-state index < -0.39 is 0 Å². The summed E-state index contributed by atoms with van der Waals surface area (Å²) in [6.07, 6.45) is 3.19. The van der Waals surface area contributed by atoms with Gasteiger partial charge in [-0.25, -0.2) is 0 Å². The smallest absolute Gasteiger partial charge is 0.225 e. The molecule has 1 amide bonds. The van der Waals surface area contributed by atoms with Crippen molar-refractivity contribution in [1.82, 2.24) is 5.32 Å². The quantitative estimate of drug-likeness (QED) is 0.786. The molecule has 0 bridgehead atoms. The summed E-state index contributed by atoms with van der Waals surface area (Å²) in [5, 5.41) is 2.99. The lowest BCUT2D eigenvalue weighted by Crippen LogP contribution is -2.50. The first-order chi connectivity index (χ1) is 8.37. The van der Waals surface area contributed by atoms with Crippen LogP contribution in [0.25, 0.3) is 0 Å². The SMILES string of the molecule is CCOC(C)(C)CNC(=O)C1C(C)CCCC1N. The van der Waals surface area contributed by atoms with Gasteiger partial charge in [-0.2, -0.15) is 0 Å². The van der Waals surface area contributed by atoms with Crippen molar-refractivity contribution < 1.29 is 9.53 Å². The molecule has 0 aromatic heterocycles. The molecule has 18 heavy (non-hydrogen) atoms. The topological polar surface area (TPSA) is 64.3 Å². The average Bonchev–Trinajstić information content (AvgIpc) is 2.26. The fraction of sp³-hybridized carbons (Fsp3) is 0.929. The van der Waals surface area contributed by atoms with Crippen LogP contribution in [0.1, 0.15) is 47.0 Å². The predicted molar refractivity (Wildman–Crippen MR) is 73.2 cm³/mol. The third kappa shape index (κ3) is 4.25. The molecule has 1 fully saturated rings. The zero-order valence-corrected chi connectivity index (χ0v) is 12.2. The first kappa shape index (κ1) is 15.4. The van der Waals surface area contributed by atoms with Crippen molar-refractivity contribution in [2.75, 3.05) is 13.2 Å². The Bertz CT molecular complexity index is 269. The minimum Gasteiger partial charge on any atom is -0.374 e. The van der Waals surface area contributed by atoms with Gasteiger partial charge in [-0.15, -0.1) is 0 Å². The lowest BCUT2D eigenvalue weighted by molar-refractivity contribution is -0.129. The number of ether oxygens (including phenoxy) is 1. The van der Waals surface area contributed by atoms with E-state index in [1.165, 1.54) is 0 Å². The Kier molecular flexibility index (Phi) is 5.60. The van der Waals surface area contributed by atoms with Crippen molar-refractivity contribution in [3.8, 4) is 0 Å². The van der Waals surface area contributed by atoms with Crippen LogP contribution in [0.4, 0.5) is 0 Å². The molecule has 106 valence electrons. The number of rotatable bonds is 5. The first-order valence-electron chi connectivity index (χ1n) is 7.04. The monoisotopic (exact) mass is 256 g/mol. The van der Waals surface area contributed by atoms with E-state index in [-0.39, 0.29) is 23.5 Å². The van der Waals surface area contributed by atoms with Crippen LogP contribution in [0.15, 0.2) is 0 Å². The molecule has 4 heteroatoms. The average molecular weight is 256 g/mol. The molecular weight excluding hydrogens is 228 g/mol. The van der Waals surface area contributed by atoms with Crippen molar-refractivity contribution in [2.45, 2.75) is 58.6 Å². The number of hydrogen-bond acceptors (Lipinski definition) is 3. The maximum Gasteiger partial charge on any atom is 0.225 e. The van der Waals surface area contributed by atoms with E-state index in [9.17, 15) is 4.79 Å². The van der Waals surface area contributed by atoms with Crippen LogP contribution in [-0.4, -0.2) is 30.7 Å². The molecule has 0 aliphatic heterocycles. The molecule has 4 nitrogen and oxygen atoms in total. The fourth-order valence-corrected chi connectivity index (χ4v) is 2.77. The van der Waals surface area contributed by atoms with E-state index >= 15 is 0 Å². The van der Waals surface area contributed by atoms with Gasteiger partial charge < -0.3 is 15.8 Å². The molecule has 1 saturated carbocycles. The van der Waals surface area contributed by atoms with Crippen molar-refractivity contribution in [3.05, 3.63) is 0 Å². The van der Waals surface area contributed by atoms with E-state index in [0.717, 1.165) is 19.3 Å². The van der Waals surface area contributed by atoms with Crippen molar-refractivity contribution in [1.29, 1.82) is 0 Å². The third-order valence-electron chi connectivity index (χ3n) is 3.80. The van der Waals surface area contributed by atoms with Gasteiger partial charge in [0.05, 0.1) is 11.5 Å². The van der Waals surface area contributed by atoms with E-state index in [2.05, 4.69) is 12.2 Å². The number of carbonyl (C=O) groups is 1. The maximum atomic E-state index is 12.2. The predicted octanol–water partition coefficient (Wildman–Crippen LogP) is 1.68. The van der Waals surface area contributed by atoms with Gasteiger partial charge in [0.1, 0.15) is 0 Å². The Morgan fingerprint density at radius 2 is 2.11 bits per heavy atom. The second kappa shape index (κ2) is 6.53. The van der Waals surface area contributed by atoms with Gasteiger partial charge >= 0.3 is 0 Å². The molecule has 0 aromatic rings. The molecular formula is C14H28N2O2. The molecule has 3 atom stereocenters. The zero-order valence-electron chi connectivity index (χ0n) is 12.2. The van der Waals surface area contributed by atoms with E-state index in [0.29, 0.717) is 19.1 Å². The molecule has 0 spiro atoms. The highest BCUT2D eigenvalue weighted by Crippen LogP contribution is 2.29. The normalized spacial score (nSPS) is 29.1. The van der Waals surface area contributed by atoms with Gasteiger partial charge in [-0.1, -0.05) is 13.3 Å². The third-order valence-corrected chi connectivity index (χ3v) is 3.80. The van der Waals surface area contributed by atoms with Gasteiger partial charge in [-0.05, 0) is 39.5 Å². The minimum atomic E-state index is -0.313. The van der Waals surface area contributed by atoms with Gasteiger partial charge in [0.2, 0.25) is 5.91 Å². The zero-order chi connectivity index (χ0) is 13.8. The number of nitrogens with one attached hydrogen (secondary N) is 1. The van der Waals surface area contributed by atoms with Gasteiger partial charge in [0, 0.05) is 19.2 Å². The summed E-state index contributed by atoms with van der Waals surface area (Å²) in [7, 11) is 0. The number of carbonyl (C=O) groups excluding carboxylic acids is 1. The summed E-state index contributed by atoms with van der Waals surface area (Å²) >= 11 is 0. The van der Waals surface area contributed by atoms with Gasteiger partial charge in [0.25, 0.3) is 0 Å². The molecule has 3 N–H and O–H groups in total. The van der Waals surface area contributed by atoms with Crippen LogP contribution < -0.4 is 11.1 Å². The molecule has 0 aromatic carbocycles. The maximum absolute atomic E-state index is 12.2. The lowest BCUT2D eigenvalue weighted by atomic mass is 9.76. The summed E-state index contributed by atoms with van der Waals surface area (Å²) in [4.78, 5) is 12.2. The second-order valence-corrected chi connectivity index (χ2v) is 6.01. The van der Waals surface area contributed by atoms with Crippen molar-refractivity contribution in [3.63, 3.8) is 0 Å². The minimum absolute atomic E-state index is 0.00366. The molecule has 0 saturated heterocycles. The highest BCUT2D eigenvalue weighted by molar-refractivity contribution is 5.79. The Hall–Kier alpha value is -0.610. The summed E-state index contributed by atoms with van der Waals surface area (Å²) in [5.41, 5.74) is 5.76. The van der Waals surface area contributed by atoms with Gasteiger partial charge in [0.15, 0.2) is 0 Å². The Balaban J connectivity index is 2.49. The largest absolute Gasteiger partial charge is 0.374 e. The van der Waals surface area contributed by atoms with Gasteiger partial charge in [-0.3, -0.25) is 4.79 Å². The van der Waals surface area contributed by atoms with Crippen LogP contribution in [0.2, 0.25) is 0 Å². The second-order valence-electron chi connectivity index (χ2n) is 6.01. The highest BCUT2D eigenvalue weighted by atomic mass is 16.5.